The third-order valence-corrected chi connectivity index (χ3v) is 5.33. The van der Waals surface area contributed by atoms with Crippen molar-refractivity contribution in [1.29, 1.82) is 0 Å². The summed E-state index contributed by atoms with van der Waals surface area (Å²) in [4.78, 5) is 0. The lowest BCUT2D eigenvalue weighted by atomic mass is 9.88. The number of phenolic OH excluding ortho intramolecular Hbond substituents is 1. The molecule has 3 aromatic carbocycles. The maximum absolute atomic E-state index is 10.1. The summed E-state index contributed by atoms with van der Waals surface area (Å²) in [5.74, 6) is 0.979. The first kappa shape index (κ1) is 23.6. The molecule has 0 fully saturated rings. The van der Waals surface area contributed by atoms with Crippen molar-refractivity contribution in [2.24, 2.45) is 0 Å². The third-order valence-electron chi connectivity index (χ3n) is 5.33. The van der Waals surface area contributed by atoms with E-state index in [9.17, 15) is 10.2 Å². The number of phenols is 1. The molecule has 0 amide bonds. The molecule has 0 spiro atoms. The monoisotopic (exact) mass is 431 g/mol. The van der Waals surface area contributed by atoms with Crippen LogP contribution in [0.15, 0.2) is 78.9 Å². The zero-order chi connectivity index (χ0) is 22.8. The van der Waals surface area contributed by atoms with Gasteiger partial charge in [0.1, 0.15) is 24.2 Å². The van der Waals surface area contributed by atoms with Crippen molar-refractivity contribution in [3.8, 4) is 11.5 Å². The predicted molar refractivity (Wildman–Crippen MR) is 132 cm³/mol. The van der Waals surface area contributed by atoms with E-state index in [1.54, 1.807) is 12.1 Å². The number of hydrogen-bond acceptors (Lipinski definition) is 4. The van der Waals surface area contributed by atoms with E-state index in [1.807, 2.05) is 30.3 Å². The molecule has 1 unspecified atom stereocenters. The van der Waals surface area contributed by atoms with Crippen LogP contribution in [0.25, 0.3) is 11.1 Å². The van der Waals surface area contributed by atoms with E-state index >= 15 is 0 Å². The molecular formula is C28H33NO3. The minimum atomic E-state index is -0.543. The van der Waals surface area contributed by atoms with E-state index in [0.717, 1.165) is 41.8 Å². The van der Waals surface area contributed by atoms with Crippen LogP contribution in [0, 0.1) is 0 Å². The van der Waals surface area contributed by atoms with Gasteiger partial charge in [-0.05, 0) is 71.5 Å². The second kappa shape index (κ2) is 12.1. The molecule has 0 saturated heterocycles. The summed E-state index contributed by atoms with van der Waals surface area (Å²) in [5.41, 5.74) is 5.68. The fraction of sp³-hybridized carbons (Fsp3) is 0.286. The molecule has 4 nitrogen and oxygen atoms in total. The van der Waals surface area contributed by atoms with Crippen LogP contribution in [0.3, 0.4) is 0 Å². The van der Waals surface area contributed by atoms with E-state index in [0.29, 0.717) is 6.54 Å². The molecule has 0 radical (unpaired) electrons. The van der Waals surface area contributed by atoms with Crippen LogP contribution in [-0.2, 0) is 0 Å². The lowest BCUT2D eigenvalue weighted by molar-refractivity contribution is 0.106. The first-order valence-corrected chi connectivity index (χ1v) is 11.3. The zero-order valence-corrected chi connectivity index (χ0v) is 18.9. The molecule has 0 aliphatic heterocycles. The molecular weight excluding hydrogens is 398 g/mol. The maximum atomic E-state index is 10.1. The summed E-state index contributed by atoms with van der Waals surface area (Å²) in [5, 5.41) is 23.0. The summed E-state index contributed by atoms with van der Waals surface area (Å²) < 4.78 is 5.79. The van der Waals surface area contributed by atoms with Crippen molar-refractivity contribution in [3.05, 3.63) is 95.6 Å². The molecule has 3 aromatic rings. The fourth-order valence-electron chi connectivity index (χ4n) is 3.72. The van der Waals surface area contributed by atoms with Crippen molar-refractivity contribution >= 4 is 11.1 Å². The quantitative estimate of drug-likeness (QED) is 0.277. The Bertz CT molecular complexity index is 979. The smallest absolute Gasteiger partial charge is 0.119 e. The average molecular weight is 432 g/mol. The highest BCUT2D eigenvalue weighted by Crippen LogP contribution is 2.35. The van der Waals surface area contributed by atoms with Crippen LogP contribution < -0.4 is 10.1 Å². The predicted octanol–water partition coefficient (Wildman–Crippen LogP) is 5.50. The SMILES string of the molecule is CCCNCC(O)COc1ccc(/C(=C(/CC)c2ccccc2)c2ccc(O)cc2)cc1. The number of aliphatic hydroxyl groups is 1. The molecule has 3 N–H and O–H groups in total. The van der Waals surface area contributed by atoms with Crippen LogP contribution in [0.4, 0.5) is 0 Å². The Morgan fingerprint density at radius 1 is 0.844 bits per heavy atom. The van der Waals surface area contributed by atoms with Crippen LogP contribution >= 0.6 is 0 Å². The van der Waals surface area contributed by atoms with Gasteiger partial charge in [0.25, 0.3) is 0 Å². The van der Waals surface area contributed by atoms with E-state index < -0.39 is 6.10 Å². The Morgan fingerprint density at radius 3 is 2.06 bits per heavy atom. The summed E-state index contributed by atoms with van der Waals surface area (Å²) in [6.07, 6.45) is 1.36. The minimum Gasteiger partial charge on any atom is -0.508 e. The summed E-state index contributed by atoms with van der Waals surface area (Å²) in [7, 11) is 0. The highest BCUT2D eigenvalue weighted by Gasteiger charge is 2.13. The number of nitrogens with one attached hydrogen (secondary N) is 1. The third kappa shape index (κ3) is 6.46. The molecule has 1 atom stereocenters. The standard InChI is InChI=1S/C28H33NO3/c1-3-18-29-19-25(31)20-32-26-16-12-23(13-17-26)28(22-10-14-24(30)15-11-22)27(4-2)21-8-6-5-7-9-21/h5-17,25,29-31H,3-4,18-20H2,1-2H3/b28-27-. The number of aromatic hydroxyl groups is 1. The van der Waals surface area contributed by atoms with Gasteiger partial charge in [0.15, 0.2) is 0 Å². The highest BCUT2D eigenvalue weighted by atomic mass is 16.5. The molecule has 0 bridgehead atoms. The lowest BCUT2D eigenvalue weighted by Crippen LogP contribution is -2.31. The Morgan fingerprint density at radius 2 is 1.47 bits per heavy atom. The Hall–Kier alpha value is -3.08. The van der Waals surface area contributed by atoms with Gasteiger partial charge in [0.05, 0.1) is 0 Å². The summed E-state index contributed by atoms with van der Waals surface area (Å²) in [6, 6.07) is 25.7. The number of rotatable bonds is 11. The van der Waals surface area contributed by atoms with E-state index in [1.165, 1.54) is 11.1 Å². The highest BCUT2D eigenvalue weighted by molar-refractivity contribution is 5.98. The van der Waals surface area contributed by atoms with Crippen molar-refractivity contribution in [3.63, 3.8) is 0 Å². The Balaban J connectivity index is 1.87. The molecule has 32 heavy (non-hydrogen) atoms. The van der Waals surface area contributed by atoms with Crippen molar-refractivity contribution in [1.82, 2.24) is 5.32 Å². The molecule has 3 rings (SSSR count). The summed E-state index contributed by atoms with van der Waals surface area (Å²) >= 11 is 0. The first-order valence-electron chi connectivity index (χ1n) is 11.3. The topological polar surface area (TPSA) is 61.7 Å². The van der Waals surface area contributed by atoms with Gasteiger partial charge in [0, 0.05) is 6.54 Å². The molecule has 4 heteroatoms. The van der Waals surface area contributed by atoms with Gasteiger partial charge in [-0.25, -0.2) is 0 Å². The Labute approximate surface area is 191 Å². The zero-order valence-electron chi connectivity index (χ0n) is 18.9. The van der Waals surface area contributed by atoms with Crippen LogP contribution in [0.5, 0.6) is 11.5 Å². The van der Waals surface area contributed by atoms with Gasteiger partial charge in [-0.2, -0.15) is 0 Å². The number of benzene rings is 3. The van der Waals surface area contributed by atoms with Gasteiger partial charge >= 0.3 is 0 Å². The van der Waals surface area contributed by atoms with Crippen molar-refractivity contribution in [2.45, 2.75) is 32.8 Å². The molecule has 0 aromatic heterocycles. The van der Waals surface area contributed by atoms with E-state index in [4.69, 9.17) is 4.74 Å². The van der Waals surface area contributed by atoms with Crippen molar-refractivity contribution in [2.75, 3.05) is 19.7 Å². The van der Waals surface area contributed by atoms with Crippen LogP contribution in [-0.4, -0.2) is 36.0 Å². The summed E-state index contributed by atoms with van der Waals surface area (Å²) in [6.45, 7) is 5.92. The van der Waals surface area contributed by atoms with E-state index in [2.05, 4.69) is 55.6 Å². The maximum Gasteiger partial charge on any atom is 0.119 e. The Kier molecular flexibility index (Phi) is 8.90. The normalized spacial score (nSPS) is 12.8. The van der Waals surface area contributed by atoms with Gasteiger partial charge in [-0.15, -0.1) is 0 Å². The van der Waals surface area contributed by atoms with Crippen LogP contribution in [0.2, 0.25) is 0 Å². The second-order valence-electron chi connectivity index (χ2n) is 7.81. The molecule has 0 aliphatic rings. The number of ether oxygens (including phenoxy) is 1. The number of aliphatic hydroxyl groups excluding tert-OH is 1. The fourth-order valence-corrected chi connectivity index (χ4v) is 3.72. The lowest BCUT2D eigenvalue weighted by Gasteiger charge is -2.17. The second-order valence-corrected chi connectivity index (χ2v) is 7.81. The van der Waals surface area contributed by atoms with Gasteiger partial charge < -0.3 is 20.3 Å². The largest absolute Gasteiger partial charge is 0.508 e. The molecule has 0 heterocycles. The number of hydrogen-bond donors (Lipinski definition) is 3. The average Bonchev–Trinajstić information content (AvgIpc) is 2.83. The molecule has 0 aliphatic carbocycles. The van der Waals surface area contributed by atoms with Gasteiger partial charge in [-0.3, -0.25) is 0 Å². The van der Waals surface area contributed by atoms with Crippen LogP contribution in [0.1, 0.15) is 43.4 Å². The van der Waals surface area contributed by atoms with Gasteiger partial charge in [0.2, 0.25) is 0 Å². The number of allylic oxidation sites excluding steroid dienone is 1. The molecule has 168 valence electrons. The van der Waals surface area contributed by atoms with Gasteiger partial charge in [-0.1, -0.05) is 68.4 Å². The van der Waals surface area contributed by atoms with Crippen molar-refractivity contribution < 1.29 is 14.9 Å². The van der Waals surface area contributed by atoms with E-state index in [-0.39, 0.29) is 12.4 Å². The first-order chi connectivity index (χ1) is 15.6. The minimum absolute atomic E-state index is 0.251. The molecule has 0 saturated carbocycles.